The van der Waals surface area contributed by atoms with Crippen molar-refractivity contribution in [1.82, 2.24) is 4.31 Å². The van der Waals surface area contributed by atoms with Crippen LogP contribution in [-0.4, -0.2) is 30.5 Å². The van der Waals surface area contributed by atoms with Crippen LogP contribution >= 0.6 is 0 Å². The smallest absolute Gasteiger partial charge is 0.243 e. The standard InChI is InChI=1S/C19H21NO3S/c1-13-5-8-16(9-6-13)24(22,23)20-11-15-4-2-3-14-7-10-18(21)17(12-20)19(14)15/h2-6,8-9,17-18,21H,7,10-12H2,1H3/t17-,18+/m0/s1. The molecule has 0 spiro atoms. The molecule has 0 bridgehead atoms. The van der Waals surface area contributed by atoms with Crippen molar-refractivity contribution < 1.29 is 13.5 Å². The third kappa shape index (κ3) is 2.48. The maximum absolute atomic E-state index is 13.0. The number of aryl methyl sites for hydroxylation is 2. The third-order valence-corrected chi connectivity index (χ3v) is 7.06. The molecule has 0 unspecified atom stereocenters. The van der Waals surface area contributed by atoms with E-state index in [4.69, 9.17) is 0 Å². The zero-order valence-electron chi connectivity index (χ0n) is 13.6. The van der Waals surface area contributed by atoms with Crippen LogP contribution in [0.25, 0.3) is 0 Å². The van der Waals surface area contributed by atoms with Gasteiger partial charge in [-0.25, -0.2) is 8.42 Å². The van der Waals surface area contributed by atoms with Gasteiger partial charge in [0, 0.05) is 19.0 Å². The summed E-state index contributed by atoms with van der Waals surface area (Å²) in [6.07, 6.45) is 1.08. The van der Waals surface area contributed by atoms with Crippen LogP contribution in [-0.2, 0) is 23.0 Å². The van der Waals surface area contributed by atoms with E-state index in [1.54, 1.807) is 12.1 Å². The summed E-state index contributed by atoms with van der Waals surface area (Å²) in [7, 11) is -3.55. The highest BCUT2D eigenvalue weighted by Crippen LogP contribution is 2.40. The van der Waals surface area contributed by atoms with Crippen molar-refractivity contribution in [3.05, 3.63) is 64.7 Å². The van der Waals surface area contributed by atoms with Gasteiger partial charge in [0.2, 0.25) is 10.0 Å². The monoisotopic (exact) mass is 343 g/mol. The van der Waals surface area contributed by atoms with E-state index in [0.29, 0.717) is 24.4 Å². The topological polar surface area (TPSA) is 57.6 Å². The molecule has 4 nitrogen and oxygen atoms in total. The number of aliphatic hydroxyl groups excluding tert-OH is 1. The van der Waals surface area contributed by atoms with Gasteiger partial charge in [0.15, 0.2) is 0 Å². The second-order valence-corrected chi connectivity index (χ2v) is 8.75. The van der Waals surface area contributed by atoms with Gasteiger partial charge in [-0.05, 0) is 48.6 Å². The van der Waals surface area contributed by atoms with E-state index in [0.717, 1.165) is 17.5 Å². The fraction of sp³-hybridized carbons (Fsp3) is 0.368. The van der Waals surface area contributed by atoms with Crippen molar-refractivity contribution in [2.75, 3.05) is 6.54 Å². The van der Waals surface area contributed by atoms with E-state index in [1.165, 1.54) is 15.4 Å². The molecule has 0 aromatic heterocycles. The second kappa shape index (κ2) is 5.69. The molecule has 0 saturated carbocycles. The SMILES string of the molecule is Cc1ccc(S(=O)(=O)N2Cc3cccc4c3[C@@H](C2)[C@H](O)CC4)cc1. The molecule has 2 aliphatic rings. The van der Waals surface area contributed by atoms with Gasteiger partial charge in [-0.15, -0.1) is 0 Å². The summed E-state index contributed by atoms with van der Waals surface area (Å²) in [4.78, 5) is 0.318. The highest BCUT2D eigenvalue weighted by Gasteiger charge is 2.39. The number of hydrogen-bond acceptors (Lipinski definition) is 3. The van der Waals surface area contributed by atoms with E-state index < -0.39 is 16.1 Å². The Balaban J connectivity index is 1.75. The molecule has 0 radical (unpaired) electrons. The van der Waals surface area contributed by atoms with Gasteiger partial charge in [0.1, 0.15) is 0 Å². The van der Waals surface area contributed by atoms with Crippen LogP contribution in [0.2, 0.25) is 0 Å². The predicted octanol–water partition coefficient (Wildman–Crippen LogP) is 2.59. The summed E-state index contributed by atoms with van der Waals surface area (Å²) in [5.41, 5.74) is 4.49. The van der Waals surface area contributed by atoms with Gasteiger partial charge in [0.05, 0.1) is 11.0 Å². The van der Waals surface area contributed by atoms with Crippen LogP contribution < -0.4 is 0 Å². The molecule has 126 valence electrons. The van der Waals surface area contributed by atoms with Crippen molar-refractivity contribution in [3.63, 3.8) is 0 Å². The van der Waals surface area contributed by atoms with E-state index in [9.17, 15) is 13.5 Å². The first kappa shape index (κ1) is 15.8. The summed E-state index contributed by atoms with van der Waals surface area (Å²) >= 11 is 0. The van der Waals surface area contributed by atoms with Crippen molar-refractivity contribution in [2.45, 2.75) is 43.2 Å². The zero-order valence-corrected chi connectivity index (χ0v) is 14.5. The lowest BCUT2D eigenvalue weighted by Gasteiger charge is -2.40. The Labute approximate surface area is 142 Å². The molecule has 0 amide bonds. The molecule has 4 rings (SSSR count). The van der Waals surface area contributed by atoms with Crippen molar-refractivity contribution in [1.29, 1.82) is 0 Å². The molecule has 24 heavy (non-hydrogen) atoms. The molecule has 2 aromatic carbocycles. The zero-order chi connectivity index (χ0) is 16.9. The van der Waals surface area contributed by atoms with E-state index in [1.807, 2.05) is 31.2 Å². The summed E-state index contributed by atoms with van der Waals surface area (Å²) in [5.74, 6) is -0.126. The number of hydrogen-bond donors (Lipinski definition) is 1. The molecule has 0 fully saturated rings. The summed E-state index contributed by atoms with van der Waals surface area (Å²) < 4.78 is 27.6. The number of nitrogens with zero attached hydrogens (tertiary/aromatic N) is 1. The second-order valence-electron chi connectivity index (χ2n) is 6.81. The first-order valence-corrected chi connectivity index (χ1v) is 9.76. The Kier molecular flexibility index (Phi) is 3.75. The molecule has 5 heteroatoms. The fourth-order valence-corrected chi connectivity index (χ4v) is 5.37. The molecular formula is C19H21NO3S. The summed E-state index contributed by atoms with van der Waals surface area (Å²) in [6.45, 7) is 2.66. The molecule has 1 aliphatic carbocycles. The molecule has 1 heterocycles. The Hall–Kier alpha value is -1.69. The first-order valence-electron chi connectivity index (χ1n) is 8.32. The summed E-state index contributed by atoms with van der Waals surface area (Å²) in [6, 6.07) is 13.0. The molecule has 1 aliphatic heterocycles. The maximum Gasteiger partial charge on any atom is 0.243 e. The normalized spacial score (nSPS) is 23.8. The average Bonchev–Trinajstić information content (AvgIpc) is 2.58. The molecule has 0 saturated heterocycles. The van der Waals surface area contributed by atoms with Gasteiger partial charge in [-0.1, -0.05) is 35.9 Å². The predicted molar refractivity (Wildman–Crippen MR) is 92.3 cm³/mol. The van der Waals surface area contributed by atoms with Crippen molar-refractivity contribution >= 4 is 10.0 Å². The fourth-order valence-electron chi connectivity index (χ4n) is 3.92. The van der Waals surface area contributed by atoms with Crippen LogP contribution in [0.1, 0.15) is 34.6 Å². The minimum absolute atomic E-state index is 0.126. The minimum atomic E-state index is -3.55. The molecule has 2 atom stereocenters. The quantitative estimate of drug-likeness (QED) is 0.912. The van der Waals surface area contributed by atoms with Gasteiger partial charge in [-0.2, -0.15) is 4.31 Å². The van der Waals surface area contributed by atoms with Crippen LogP contribution in [0, 0.1) is 6.92 Å². The van der Waals surface area contributed by atoms with Crippen molar-refractivity contribution in [2.24, 2.45) is 0 Å². The molecule has 1 N–H and O–H groups in total. The number of sulfonamides is 1. The van der Waals surface area contributed by atoms with Crippen molar-refractivity contribution in [3.8, 4) is 0 Å². The van der Waals surface area contributed by atoms with E-state index >= 15 is 0 Å². The largest absolute Gasteiger partial charge is 0.392 e. The van der Waals surface area contributed by atoms with Crippen LogP contribution in [0.4, 0.5) is 0 Å². The first-order chi connectivity index (χ1) is 11.5. The maximum atomic E-state index is 13.0. The van der Waals surface area contributed by atoms with Gasteiger partial charge in [0.25, 0.3) is 0 Å². The van der Waals surface area contributed by atoms with Gasteiger partial charge < -0.3 is 5.11 Å². The minimum Gasteiger partial charge on any atom is -0.392 e. The molecular weight excluding hydrogens is 322 g/mol. The highest BCUT2D eigenvalue weighted by molar-refractivity contribution is 7.89. The van der Waals surface area contributed by atoms with Gasteiger partial charge >= 0.3 is 0 Å². The summed E-state index contributed by atoms with van der Waals surface area (Å²) in [5, 5.41) is 10.4. The Morgan fingerprint density at radius 2 is 1.79 bits per heavy atom. The third-order valence-electron chi connectivity index (χ3n) is 5.24. The van der Waals surface area contributed by atoms with E-state index in [-0.39, 0.29) is 5.92 Å². The van der Waals surface area contributed by atoms with E-state index in [2.05, 4.69) is 6.07 Å². The number of aliphatic hydroxyl groups is 1. The average molecular weight is 343 g/mol. The lowest BCUT2D eigenvalue weighted by atomic mass is 9.76. The number of rotatable bonds is 2. The van der Waals surface area contributed by atoms with Crippen LogP contribution in [0.5, 0.6) is 0 Å². The van der Waals surface area contributed by atoms with Crippen LogP contribution in [0.3, 0.4) is 0 Å². The number of benzene rings is 2. The van der Waals surface area contributed by atoms with Gasteiger partial charge in [-0.3, -0.25) is 0 Å². The Morgan fingerprint density at radius 1 is 1.08 bits per heavy atom. The lowest BCUT2D eigenvalue weighted by Crippen LogP contribution is -2.43. The molecule has 2 aromatic rings. The van der Waals surface area contributed by atoms with Crippen LogP contribution in [0.15, 0.2) is 47.4 Å². The lowest BCUT2D eigenvalue weighted by molar-refractivity contribution is 0.108. The Bertz CT molecular complexity index is 874. The highest BCUT2D eigenvalue weighted by atomic mass is 32.2. The Morgan fingerprint density at radius 3 is 2.54 bits per heavy atom.